The normalized spacial score (nSPS) is 11.6. The van der Waals surface area contributed by atoms with E-state index in [1.165, 1.54) is 0 Å². The maximum atomic E-state index is 10.9. The van der Waals surface area contributed by atoms with E-state index in [2.05, 4.69) is 4.72 Å². The fraction of sp³-hybridized carbons (Fsp3) is 0.333. The third-order valence-corrected chi connectivity index (χ3v) is 2.68. The molecule has 0 atom stereocenters. The zero-order valence-corrected chi connectivity index (χ0v) is 9.06. The second kappa shape index (κ2) is 3.98. The molecular weight excluding hydrogens is 200 g/mol. The van der Waals surface area contributed by atoms with Gasteiger partial charge in [0, 0.05) is 12.2 Å². The second-order valence-electron chi connectivity index (χ2n) is 3.22. The van der Waals surface area contributed by atoms with Gasteiger partial charge in [0.05, 0.1) is 6.26 Å². The van der Waals surface area contributed by atoms with Gasteiger partial charge >= 0.3 is 0 Å². The SMILES string of the molecule is Cc1c(N)cccc1CNS(C)(=O)=O. The first-order valence-electron chi connectivity index (χ1n) is 4.19. The quantitative estimate of drug-likeness (QED) is 0.725. The van der Waals surface area contributed by atoms with Crippen LogP contribution in [-0.2, 0) is 16.6 Å². The summed E-state index contributed by atoms with van der Waals surface area (Å²) in [5.41, 5.74) is 8.18. The van der Waals surface area contributed by atoms with Crippen molar-refractivity contribution in [1.29, 1.82) is 0 Å². The standard InChI is InChI=1S/C9H14N2O2S/c1-7-8(4-3-5-9(7)10)6-11-14(2,12)13/h3-5,11H,6,10H2,1-2H3. The van der Waals surface area contributed by atoms with E-state index in [1.54, 1.807) is 6.07 Å². The highest BCUT2D eigenvalue weighted by molar-refractivity contribution is 7.88. The van der Waals surface area contributed by atoms with Crippen LogP contribution in [0.5, 0.6) is 0 Å². The van der Waals surface area contributed by atoms with Crippen LogP contribution >= 0.6 is 0 Å². The Balaban J connectivity index is 2.83. The molecule has 0 aliphatic rings. The van der Waals surface area contributed by atoms with Crippen molar-refractivity contribution in [2.45, 2.75) is 13.5 Å². The molecular formula is C9H14N2O2S. The average molecular weight is 214 g/mol. The largest absolute Gasteiger partial charge is 0.399 e. The third kappa shape index (κ3) is 3.01. The second-order valence-corrected chi connectivity index (χ2v) is 5.06. The Bertz CT molecular complexity index is 426. The molecule has 1 aromatic rings. The van der Waals surface area contributed by atoms with E-state index in [4.69, 9.17) is 5.73 Å². The van der Waals surface area contributed by atoms with Crippen LogP contribution < -0.4 is 10.5 Å². The Morgan fingerprint density at radius 1 is 1.43 bits per heavy atom. The number of sulfonamides is 1. The molecule has 0 spiro atoms. The lowest BCUT2D eigenvalue weighted by molar-refractivity contribution is 0.587. The van der Waals surface area contributed by atoms with Gasteiger partial charge in [-0.15, -0.1) is 0 Å². The molecule has 0 fully saturated rings. The van der Waals surface area contributed by atoms with E-state index in [0.717, 1.165) is 17.4 Å². The number of benzene rings is 1. The lowest BCUT2D eigenvalue weighted by Gasteiger charge is -2.08. The molecule has 14 heavy (non-hydrogen) atoms. The van der Waals surface area contributed by atoms with Crippen LogP contribution in [0.3, 0.4) is 0 Å². The molecule has 0 amide bonds. The zero-order valence-electron chi connectivity index (χ0n) is 8.24. The van der Waals surface area contributed by atoms with Crippen molar-refractivity contribution < 1.29 is 8.42 Å². The smallest absolute Gasteiger partial charge is 0.209 e. The van der Waals surface area contributed by atoms with Gasteiger partial charge in [-0.1, -0.05) is 12.1 Å². The molecule has 1 aromatic carbocycles. The summed E-state index contributed by atoms with van der Waals surface area (Å²) >= 11 is 0. The lowest BCUT2D eigenvalue weighted by atomic mass is 10.1. The monoisotopic (exact) mass is 214 g/mol. The Hall–Kier alpha value is -1.07. The van der Waals surface area contributed by atoms with Gasteiger partial charge in [0.25, 0.3) is 0 Å². The maximum Gasteiger partial charge on any atom is 0.209 e. The minimum Gasteiger partial charge on any atom is -0.399 e. The summed E-state index contributed by atoms with van der Waals surface area (Å²) in [4.78, 5) is 0. The van der Waals surface area contributed by atoms with Gasteiger partial charge < -0.3 is 5.73 Å². The van der Waals surface area contributed by atoms with Crippen molar-refractivity contribution in [3.63, 3.8) is 0 Å². The highest BCUT2D eigenvalue weighted by Crippen LogP contribution is 2.15. The maximum absolute atomic E-state index is 10.9. The van der Waals surface area contributed by atoms with Crippen molar-refractivity contribution in [2.75, 3.05) is 12.0 Å². The summed E-state index contributed by atoms with van der Waals surface area (Å²) in [6, 6.07) is 5.45. The van der Waals surface area contributed by atoms with Gasteiger partial charge in [-0.2, -0.15) is 0 Å². The Morgan fingerprint density at radius 3 is 2.64 bits per heavy atom. The molecule has 4 nitrogen and oxygen atoms in total. The highest BCUT2D eigenvalue weighted by Gasteiger charge is 2.04. The zero-order chi connectivity index (χ0) is 10.8. The van der Waals surface area contributed by atoms with Gasteiger partial charge in [0.2, 0.25) is 10.0 Å². The predicted molar refractivity (Wildman–Crippen MR) is 57.3 cm³/mol. The molecule has 0 saturated carbocycles. The van der Waals surface area contributed by atoms with Crippen LogP contribution in [0.4, 0.5) is 5.69 Å². The number of nitrogen functional groups attached to an aromatic ring is 1. The van der Waals surface area contributed by atoms with E-state index in [0.29, 0.717) is 5.69 Å². The molecule has 0 bridgehead atoms. The molecule has 78 valence electrons. The molecule has 0 radical (unpaired) electrons. The van der Waals surface area contributed by atoms with Crippen LogP contribution in [0.25, 0.3) is 0 Å². The van der Waals surface area contributed by atoms with Crippen LogP contribution in [0.2, 0.25) is 0 Å². The van der Waals surface area contributed by atoms with Gasteiger partial charge in [-0.25, -0.2) is 13.1 Å². The van der Waals surface area contributed by atoms with E-state index in [9.17, 15) is 8.42 Å². The minimum atomic E-state index is -3.14. The van der Waals surface area contributed by atoms with Crippen molar-refractivity contribution >= 4 is 15.7 Å². The van der Waals surface area contributed by atoms with Crippen molar-refractivity contribution in [1.82, 2.24) is 4.72 Å². The van der Waals surface area contributed by atoms with Gasteiger partial charge in [0.1, 0.15) is 0 Å². The number of rotatable bonds is 3. The Kier molecular flexibility index (Phi) is 3.13. The van der Waals surface area contributed by atoms with E-state index in [-0.39, 0.29) is 6.54 Å². The molecule has 0 heterocycles. The number of hydrogen-bond donors (Lipinski definition) is 2. The van der Waals surface area contributed by atoms with E-state index >= 15 is 0 Å². The Labute approximate surface area is 84.2 Å². The summed E-state index contributed by atoms with van der Waals surface area (Å²) in [5, 5.41) is 0. The lowest BCUT2D eigenvalue weighted by Crippen LogP contribution is -2.21. The molecule has 0 unspecified atom stereocenters. The van der Waals surface area contributed by atoms with Gasteiger partial charge in [-0.05, 0) is 24.1 Å². The molecule has 0 aromatic heterocycles. The summed E-state index contributed by atoms with van der Waals surface area (Å²) < 4.78 is 24.1. The molecule has 1 rings (SSSR count). The third-order valence-electron chi connectivity index (χ3n) is 2.01. The fourth-order valence-electron chi connectivity index (χ4n) is 1.10. The summed E-state index contributed by atoms with van der Waals surface area (Å²) in [6.07, 6.45) is 1.13. The van der Waals surface area contributed by atoms with Gasteiger partial charge in [-0.3, -0.25) is 0 Å². The highest BCUT2D eigenvalue weighted by atomic mass is 32.2. The molecule has 3 N–H and O–H groups in total. The number of hydrogen-bond acceptors (Lipinski definition) is 3. The fourth-order valence-corrected chi connectivity index (χ4v) is 1.52. The van der Waals surface area contributed by atoms with Crippen molar-refractivity contribution in [3.05, 3.63) is 29.3 Å². The minimum absolute atomic E-state index is 0.287. The summed E-state index contributed by atoms with van der Waals surface area (Å²) in [6.45, 7) is 2.16. The average Bonchev–Trinajstić information content (AvgIpc) is 2.06. The van der Waals surface area contributed by atoms with Crippen LogP contribution in [0.15, 0.2) is 18.2 Å². The first-order chi connectivity index (χ1) is 6.40. The molecule has 5 heteroatoms. The van der Waals surface area contributed by atoms with Gasteiger partial charge in [0.15, 0.2) is 0 Å². The number of anilines is 1. The van der Waals surface area contributed by atoms with Crippen molar-refractivity contribution in [2.24, 2.45) is 0 Å². The molecule has 0 aliphatic heterocycles. The van der Waals surface area contributed by atoms with Crippen LogP contribution in [-0.4, -0.2) is 14.7 Å². The number of nitrogens with two attached hydrogens (primary N) is 1. The Morgan fingerprint density at radius 2 is 2.07 bits per heavy atom. The van der Waals surface area contributed by atoms with E-state index < -0.39 is 10.0 Å². The first-order valence-corrected chi connectivity index (χ1v) is 6.08. The molecule has 0 saturated heterocycles. The van der Waals surface area contributed by atoms with Crippen LogP contribution in [0.1, 0.15) is 11.1 Å². The molecule has 0 aliphatic carbocycles. The van der Waals surface area contributed by atoms with E-state index in [1.807, 2.05) is 19.1 Å². The summed E-state index contributed by atoms with van der Waals surface area (Å²) in [7, 11) is -3.14. The van der Waals surface area contributed by atoms with Crippen LogP contribution in [0, 0.1) is 6.92 Å². The number of nitrogens with one attached hydrogen (secondary N) is 1. The van der Waals surface area contributed by atoms with Crippen molar-refractivity contribution in [3.8, 4) is 0 Å². The summed E-state index contributed by atoms with van der Waals surface area (Å²) in [5.74, 6) is 0. The predicted octanol–water partition coefficient (Wildman–Crippen LogP) is 0.626. The topological polar surface area (TPSA) is 72.2 Å². The first kappa shape index (κ1) is 11.0.